The quantitative estimate of drug-likeness (QED) is 0.660. The van der Waals surface area contributed by atoms with Gasteiger partial charge in [0.2, 0.25) is 0 Å². The molecule has 1 aromatic carbocycles. The third kappa shape index (κ3) is 6.49. The van der Waals surface area contributed by atoms with Crippen LogP contribution in [0.15, 0.2) is 16.6 Å². The second-order valence-corrected chi connectivity index (χ2v) is 6.79. The van der Waals surface area contributed by atoms with E-state index >= 15 is 0 Å². The standard InChI is InChI=1S/C17H25BrN2O3.ClH/c1-22-15-9-12(8-14(18)17(15)23-11-16(19)21)10-20-13-6-4-2-3-5-7-13;/h8-9,13,20H,2-7,10-11H2,1H3,(H2,19,21);1H. The fraction of sp³-hybridized carbons (Fsp3) is 0.588. The van der Waals surface area contributed by atoms with E-state index in [9.17, 15) is 4.79 Å². The highest BCUT2D eigenvalue weighted by molar-refractivity contribution is 9.10. The highest BCUT2D eigenvalue weighted by Crippen LogP contribution is 2.36. The van der Waals surface area contributed by atoms with Crippen LogP contribution in [0.5, 0.6) is 11.5 Å². The van der Waals surface area contributed by atoms with Crippen LogP contribution in [0, 0.1) is 0 Å². The number of amides is 1. The second-order valence-electron chi connectivity index (χ2n) is 5.93. The minimum atomic E-state index is -0.516. The molecular weight excluding hydrogens is 396 g/mol. The summed E-state index contributed by atoms with van der Waals surface area (Å²) in [6, 6.07) is 4.51. The van der Waals surface area contributed by atoms with Gasteiger partial charge in [-0.3, -0.25) is 4.79 Å². The number of nitrogens with two attached hydrogens (primary N) is 1. The van der Waals surface area contributed by atoms with Crippen LogP contribution in [-0.4, -0.2) is 25.7 Å². The summed E-state index contributed by atoms with van der Waals surface area (Å²) in [7, 11) is 1.58. The molecule has 0 saturated heterocycles. The Morgan fingerprint density at radius 2 is 1.96 bits per heavy atom. The lowest BCUT2D eigenvalue weighted by Gasteiger charge is -2.18. The number of carbonyl (C=O) groups excluding carboxylic acids is 1. The first-order chi connectivity index (χ1) is 11.1. The summed E-state index contributed by atoms with van der Waals surface area (Å²) in [5.41, 5.74) is 6.24. The molecule has 136 valence electrons. The van der Waals surface area contributed by atoms with Crippen molar-refractivity contribution in [2.24, 2.45) is 5.73 Å². The molecule has 1 aromatic rings. The number of halogens is 2. The minimum absolute atomic E-state index is 0. The average molecular weight is 422 g/mol. The van der Waals surface area contributed by atoms with Crippen LogP contribution in [0.4, 0.5) is 0 Å². The highest BCUT2D eigenvalue weighted by atomic mass is 79.9. The molecule has 0 spiro atoms. The number of ether oxygens (including phenoxy) is 2. The molecule has 1 aliphatic rings. The van der Waals surface area contributed by atoms with Gasteiger partial charge in [0.15, 0.2) is 18.1 Å². The van der Waals surface area contributed by atoms with Crippen molar-refractivity contribution in [3.63, 3.8) is 0 Å². The Kier molecular flexibility index (Phi) is 9.48. The molecule has 0 bridgehead atoms. The van der Waals surface area contributed by atoms with E-state index in [-0.39, 0.29) is 19.0 Å². The van der Waals surface area contributed by atoms with E-state index in [1.54, 1.807) is 7.11 Å². The minimum Gasteiger partial charge on any atom is -0.493 e. The molecule has 7 heteroatoms. The van der Waals surface area contributed by atoms with Crippen LogP contribution in [0.2, 0.25) is 0 Å². The van der Waals surface area contributed by atoms with Crippen LogP contribution in [0.3, 0.4) is 0 Å². The molecule has 1 aliphatic carbocycles. The number of primary amides is 1. The molecule has 1 fully saturated rings. The Morgan fingerprint density at radius 3 is 2.54 bits per heavy atom. The number of hydrogen-bond acceptors (Lipinski definition) is 4. The van der Waals surface area contributed by atoms with Gasteiger partial charge < -0.3 is 20.5 Å². The van der Waals surface area contributed by atoms with Crippen LogP contribution in [-0.2, 0) is 11.3 Å². The monoisotopic (exact) mass is 420 g/mol. The number of methoxy groups -OCH3 is 1. The van der Waals surface area contributed by atoms with Gasteiger partial charge in [0.05, 0.1) is 11.6 Å². The van der Waals surface area contributed by atoms with Gasteiger partial charge in [0.25, 0.3) is 5.91 Å². The lowest BCUT2D eigenvalue weighted by molar-refractivity contribution is -0.119. The molecule has 24 heavy (non-hydrogen) atoms. The number of rotatable bonds is 7. The summed E-state index contributed by atoms with van der Waals surface area (Å²) >= 11 is 3.48. The van der Waals surface area contributed by atoms with Crippen molar-refractivity contribution >= 4 is 34.2 Å². The Balaban J connectivity index is 0.00000288. The fourth-order valence-corrected chi connectivity index (χ4v) is 3.51. The van der Waals surface area contributed by atoms with Crippen molar-refractivity contribution in [1.82, 2.24) is 5.32 Å². The summed E-state index contributed by atoms with van der Waals surface area (Å²) in [6.07, 6.45) is 7.82. The molecule has 0 aromatic heterocycles. The molecule has 0 unspecified atom stereocenters. The van der Waals surface area contributed by atoms with Gasteiger partial charge in [-0.05, 0) is 46.5 Å². The van der Waals surface area contributed by atoms with E-state index in [0.29, 0.717) is 17.5 Å². The number of carbonyl (C=O) groups is 1. The van der Waals surface area contributed by atoms with Crippen molar-refractivity contribution in [1.29, 1.82) is 0 Å². The predicted octanol–water partition coefficient (Wildman–Crippen LogP) is 3.56. The molecule has 0 aliphatic heterocycles. The molecule has 3 N–H and O–H groups in total. The highest BCUT2D eigenvalue weighted by Gasteiger charge is 2.15. The number of nitrogens with one attached hydrogen (secondary N) is 1. The predicted molar refractivity (Wildman–Crippen MR) is 101 cm³/mol. The molecular formula is C17H26BrClN2O3. The van der Waals surface area contributed by atoms with E-state index in [1.165, 1.54) is 38.5 Å². The average Bonchev–Trinajstić information content (AvgIpc) is 2.79. The fourth-order valence-electron chi connectivity index (χ4n) is 2.90. The summed E-state index contributed by atoms with van der Waals surface area (Å²) in [4.78, 5) is 10.9. The normalized spacial score (nSPS) is 15.2. The van der Waals surface area contributed by atoms with Gasteiger partial charge in [-0.25, -0.2) is 0 Å². The van der Waals surface area contributed by atoms with E-state index in [1.807, 2.05) is 12.1 Å². The van der Waals surface area contributed by atoms with Crippen LogP contribution in [0.1, 0.15) is 44.1 Å². The van der Waals surface area contributed by atoms with Crippen molar-refractivity contribution in [2.45, 2.75) is 51.1 Å². The molecule has 0 atom stereocenters. The van der Waals surface area contributed by atoms with Crippen LogP contribution < -0.4 is 20.5 Å². The molecule has 5 nitrogen and oxygen atoms in total. The van der Waals surface area contributed by atoms with Gasteiger partial charge >= 0.3 is 0 Å². The van der Waals surface area contributed by atoms with Crippen molar-refractivity contribution in [3.8, 4) is 11.5 Å². The molecule has 2 rings (SSSR count). The molecule has 1 saturated carbocycles. The largest absolute Gasteiger partial charge is 0.493 e. The van der Waals surface area contributed by atoms with E-state index in [4.69, 9.17) is 15.2 Å². The van der Waals surface area contributed by atoms with Gasteiger partial charge in [-0.15, -0.1) is 12.4 Å². The second kappa shape index (κ2) is 10.8. The van der Waals surface area contributed by atoms with Crippen LogP contribution in [0.25, 0.3) is 0 Å². The molecule has 1 amide bonds. The number of benzene rings is 1. The van der Waals surface area contributed by atoms with Gasteiger partial charge in [-0.1, -0.05) is 25.7 Å². The Labute approximate surface area is 158 Å². The summed E-state index contributed by atoms with van der Waals surface area (Å²) in [6.45, 7) is 0.615. The van der Waals surface area contributed by atoms with Gasteiger partial charge in [-0.2, -0.15) is 0 Å². The molecule has 0 radical (unpaired) electrons. The van der Waals surface area contributed by atoms with E-state index < -0.39 is 5.91 Å². The van der Waals surface area contributed by atoms with Gasteiger partial charge in [0, 0.05) is 12.6 Å². The third-order valence-corrected chi connectivity index (χ3v) is 4.69. The summed E-state index contributed by atoms with van der Waals surface area (Å²) in [5, 5.41) is 3.63. The maximum atomic E-state index is 10.9. The number of hydrogen-bond donors (Lipinski definition) is 2. The van der Waals surface area contributed by atoms with Crippen LogP contribution >= 0.6 is 28.3 Å². The summed E-state index contributed by atoms with van der Waals surface area (Å²) in [5.74, 6) is 0.584. The Morgan fingerprint density at radius 1 is 1.29 bits per heavy atom. The molecule has 0 heterocycles. The zero-order valence-electron chi connectivity index (χ0n) is 14.0. The Hall–Kier alpha value is -0.980. The Bertz CT molecular complexity index is 535. The maximum absolute atomic E-state index is 10.9. The SMILES string of the molecule is COc1cc(CNC2CCCCCC2)cc(Br)c1OCC(N)=O.Cl. The summed E-state index contributed by atoms with van der Waals surface area (Å²) < 4.78 is 11.6. The van der Waals surface area contributed by atoms with Gasteiger partial charge in [0.1, 0.15) is 0 Å². The first-order valence-electron chi connectivity index (χ1n) is 8.11. The van der Waals surface area contributed by atoms with E-state index in [2.05, 4.69) is 21.2 Å². The smallest absolute Gasteiger partial charge is 0.255 e. The first-order valence-corrected chi connectivity index (χ1v) is 8.90. The topological polar surface area (TPSA) is 73.6 Å². The zero-order valence-corrected chi connectivity index (χ0v) is 16.4. The maximum Gasteiger partial charge on any atom is 0.255 e. The van der Waals surface area contributed by atoms with Crippen molar-refractivity contribution < 1.29 is 14.3 Å². The van der Waals surface area contributed by atoms with Crippen molar-refractivity contribution in [2.75, 3.05) is 13.7 Å². The third-order valence-electron chi connectivity index (χ3n) is 4.10. The van der Waals surface area contributed by atoms with E-state index in [0.717, 1.165) is 16.6 Å². The zero-order chi connectivity index (χ0) is 16.7. The lowest BCUT2D eigenvalue weighted by atomic mass is 10.1. The first kappa shape index (κ1) is 21.1. The lowest BCUT2D eigenvalue weighted by Crippen LogP contribution is -2.27. The van der Waals surface area contributed by atoms with Crippen molar-refractivity contribution in [3.05, 3.63) is 22.2 Å².